The number of hydrogen-bond acceptors (Lipinski definition) is 4. The minimum Gasteiger partial charge on any atom is -0.487 e. The second kappa shape index (κ2) is 3.31. The Morgan fingerprint density at radius 3 is 2.93 bits per heavy atom. The Balaban J connectivity index is 2.81. The van der Waals surface area contributed by atoms with Gasteiger partial charge in [-0.05, 0) is 12.1 Å². The molecule has 0 saturated heterocycles. The number of rotatable bonds is 2. The molecule has 2 rings (SSSR count). The molecule has 0 atom stereocenters. The van der Waals surface area contributed by atoms with Gasteiger partial charge in [-0.3, -0.25) is 4.79 Å². The Morgan fingerprint density at radius 2 is 2.29 bits per heavy atom. The number of nitrogens with two attached hydrogens (primary N) is 1. The van der Waals surface area contributed by atoms with Crippen molar-refractivity contribution in [1.82, 2.24) is 0 Å². The fraction of sp³-hybridized carbons (Fsp3) is 0.100. The van der Waals surface area contributed by atoms with E-state index in [2.05, 4.69) is 0 Å². The standard InChI is InChI=1S/C10H9NO2S/c1-13-9-4-7-8(11)3-2-6(5-12)10(7)14-9/h2-5H,11H2,1H3. The molecule has 1 aromatic carbocycles. The molecular weight excluding hydrogens is 198 g/mol. The summed E-state index contributed by atoms with van der Waals surface area (Å²) in [7, 11) is 1.60. The summed E-state index contributed by atoms with van der Waals surface area (Å²) in [6.45, 7) is 0. The third-order valence-electron chi connectivity index (χ3n) is 2.05. The summed E-state index contributed by atoms with van der Waals surface area (Å²) in [5.74, 6) is 0. The number of nitrogen functional groups attached to an aromatic ring is 1. The highest BCUT2D eigenvalue weighted by Crippen LogP contribution is 2.36. The Hall–Kier alpha value is -1.55. The second-order valence-electron chi connectivity index (χ2n) is 2.87. The molecule has 0 unspecified atom stereocenters. The predicted molar refractivity (Wildman–Crippen MR) is 58.2 cm³/mol. The van der Waals surface area contributed by atoms with E-state index in [4.69, 9.17) is 10.5 Å². The van der Waals surface area contributed by atoms with Crippen molar-refractivity contribution >= 4 is 33.4 Å². The van der Waals surface area contributed by atoms with Gasteiger partial charge in [-0.15, -0.1) is 0 Å². The van der Waals surface area contributed by atoms with Crippen molar-refractivity contribution in [3.63, 3.8) is 0 Å². The molecular formula is C10H9NO2S. The van der Waals surface area contributed by atoms with Crippen molar-refractivity contribution in [3.05, 3.63) is 23.8 Å². The quantitative estimate of drug-likeness (QED) is 0.607. The van der Waals surface area contributed by atoms with Gasteiger partial charge >= 0.3 is 0 Å². The molecule has 0 aliphatic carbocycles. The molecule has 1 aromatic heterocycles. The van der Waals surface area contributed by atoms with E-state index in [1.807, 2.05) is 6.07 Å². The van der Waals surface area contributed by atoms with Gasteiger partial charge in [0.15, 0.2) is 11.3 Å². The number of ether oxygens (including phenoxy) is 1. The molecule has 1 heterocycles. The molecule has 2 aromatic rings. The van der Waals surface area contributed by atoms with Crippen molar-refractivity contribution in [2.45, 2.75) is 0 Å². The molecule has 0 saturated carbocycles. The van der Waals surface area contributed by atoms with Crippen LogP contribution in [0, 0.1) is 0 Å². The van der Waals surface area contributed by atoms with E-state index in [1.165, 1.54) is 11.3 Å². The lowest BCUT2D eigenvalue weighted by Crippen LogP contribution is -1.87. The smallest absolute Gasteiger partial charge is 0.174 e. The van der Waals surface area contributed by atoms with E-state index >= 15 is 0 Å². The number of hydrogen-bond donors (Lipinski definition) is 1. The van der Waals surface area contributed by atoms with Gasteiger partial charge in [-0.1, -0.05) is 11.3 Å². The maximum absolute atomic E-state index is 10.8. The van der Waals surface area contributed by atoms with Gasteiger partial charge in [-0.2, -0.15) is 0 Å². The maximum atomic E-state index is 10.8. The molecule has 0 spiro atoms. The van der Waals surface area contributed by atoms with Gasteiger partial charge in [0.25, 0.3) is 0 Å². The van der Waals surface area contributed by atoms with Crippen molar-refractivity contribution < 1.29 is 9.53 Å². The average Bonchev–Trinajstić information content (AvgIpc) is 2.63. The van der Waals surface area contributed by atoms with Crippen molar-refractivity contribution in [2.24, 2.45) is 0 Å². The first-order valence-corrected chi connectivity index (χ1v) is 4.89. The van der Waals surface area contributed by atoms with E-state index in [0.29, 0.717) is 11.3 Å². The molecule has 0 aliphatic rings. The zero-order valence-electron chi connectivity index (χ0n) is 7.61. The third kappa shape index (κ3) is 1.24. The summed E-state index contributed by atoms with van der Waals surface area (Å²) in [5.41, 5.74) is 7.11. The van der Waals surface area contributed by atoms with E-state index in [1.54, 1.807) is 19.2 Å². The number of benzene rings is 1. The van der Waals surface area contributed by atoms with Crippen molar-refractivity contribution in [2.75, 3.05) is 12.8 Å². The van der Waals surface area contributed by atoms with Gasteiger partial charge in [0, 0.05) is 22.7 Å². The number of carbonyl (C=O) groups is 1. The number of anilines is 1. The van der Waals surface area contributed by atoms with Crippen LogP contribution in [-0.2, 0) is 0 Å². The summed E-state index contributed by atoms with van der Waals surface area (Å²) >= 11 is 1.43. The van der Waals surface area contributed by atoms with E-state index in [0.717, 1.165) is 21.4 Å². The first-order valence-electron chi connectivity index (χ1n) is 4.07. The fourth-order valence-electron chi connectivity index (χ4n) is 1.34. The van der Waals surface area contributed by atoms with Crippen LogP contribution in [0.1, 0.15) is 10.4 Å². The second-order valence-corrected chi connectivity index (χ2v) is 3.89. The number of aldehydes is 1. The molecule has 2 N–H and O–H groups in total. The van der Waals surface area contributed by atoms with Crippen LogP contribution in [0.4, 0.5) is 5.69 Å². The Bertz CT molecular complexity index is 490. The summed E-state index contributed by atoms with van der Waals surface area (Å²) in [4.78, 5) is 10.8. The molecule has 0 amide bonds. The number of carbonyl (C=O) groups excluding carboxylic acids is 1. The molecule has 0 aliphatic heterocycles. The average molecular weight is 207 g/mol. The van der Waals surface area contributed by atoms with Crippen LogP contribution in [-0.4, -0.2) is 13.4 Å². The van der Waals surface area contributed by atoms with Gasteiger partial charge in [0.2, 0.25) is 0 Å². The van der Waals surface area contributed by atoms with Crippen LogP contribution < -0.4 is 10.5 Å². The predicted octanol–water partition coefficient (Wildman–Crippen LogP) is 2.30. The summed E-state index contributed by atoms with van der Waals surface area (Å²) in [5, 5.41) is 1.65. The SMILES string of the molecule is COc1cc2c(N)ccc(C=O)c2s1. The lowest BCUT2D eigenvalue weighted by atomic mass is 10.1. The third-order valence-corrected chi connectivity index (χ3v) is 3.20. The molecule has 0 radical (unpaired) electrons. The van der Waals surface area contributed by atoms with Crippen molar-refractivity contribution in [3.8, 4) is 5.06 Å². The minimum atomic E-state index is 0.655. The lowest BCUT2D eigenvalue weighted by Gasteiger charge is -1.96. The molecule has 72 valence electrons. The largest absolute Gasteiger partial charge is 0.487 e. The minimum absolute atomic E-state index is 0.655. The maximum Gasteiger partial charge on any atom is 0.174 e. The van der Waals surface area contributed by atoms with Gasteiger partial charge < -0.3 is 10.5 Å². The van der Waals surface area contributed by atoms with E-state index in [-0.39, 0.29) is 0 Å². The molecule has 14 heavy (non-hydrogen) atoms. The highest BCUT2D eigenvalue weighted by Gasteiger charge is 2.08. The van der Waals surface area contributed by atoms with Gasteiger partial charge in [0.05, 0.1) is 11.8 Å². The molecule has 0 fully saturated rings. The highest BCUT2D eigenvalue weighted by atomic mass is 32.1. The number of thiophene rings is 1. The lowest BCUT2D eigenvalue weighted by molar-refractivity contribution is 0.112. The first kappa shape index (κ1) is 9.02. The molecule has 0 bridgehead atoms. The number of methoxy groups -OCH3 is 1. The van der Waals surface area contributed by atoms with Crippen LogP contribution in [0.5, 0.6) is 5.06 Å². The van der Waals surface area contributed by atoms with Crippen LogP contribution in [0.15, 0.2) is 18.2 Å². The van der Waals surface area contributed by atoms with Gasteiger partial charge in [0.1, 0.15) is 0 Å². The summed E-state index contributed by atoms with van der Waals surface area (Å²) in [6.07, 6.45) is 0.831. The van der Waals surface area contributed by atoms with Crippen LogP contribution in [0.25, 0.3) is 10.1 Å². The fourth-order valence-corrected chi connectivity index (χ4v) is 2.32. The van der Waals surface area contributed by atoms with E-state index in [9.17, 15) is 4.79 Å². The Morgan fingerprint density at radius 1 is 1.50 bits per heavy atom. The highest BCUT2D eigenvalue weighted by molar-refractivity contribution is 7.21. The first-order chi connectivity index (χ1) is 6.76. The van der Waals surface area contributed by atoms with Crippen LogP contribution in [0.2, 0.25) is 0 Å². The Kier molecular flexibility index (Phi) is 2.13. The van der Waals surface area contributed by atoms with Gasteiger partial charge in [-0.25, -0.2) is 0 Å². The monoisotopic (exact) mass is 207 g/mol. The topological polar surface area (TPSA) is 52.3 Å². The molecule has 3 nitrogen and oxygen atoms in total. The zero-order valence-corrected chi connectivity index (χ0v) is 8.43. The summed E-state index contributed by atoms with van der Waals surface area (Å²) < 4.78 is 5.99. The van der Waals surface area contributed by atoms with E-state index < -0.39 is 0 Å². The summed E-state index contributed by atoms with van der Waals surface area (Å²) in [6, 6.07) is 5.31. The van der Waals surface area contributed by atoms with Crippen molar-refractivity contribution in [1.29, 1.82) is 0 Å². The Labute approximate surface area is 85.1 Å². The molecule has 4 heteroatoms. The van der Waals surface area contributed by atoms with Crippen LogP contribution >= 0.6 is 11.3 Å². The zero-order chi connectivity index (χ0) is 10.1. The number of fused-ring (bicyclic) bond motifs is 1. The van der Waals surface area contributed by atoms with Crippen LogP contribution in [0.3, 0.4) is 0 Å². The normalized spacial score (nSPS) is 10.4.